The van der Waals surface area contributed by atoms with Crippen LogP contribution < -0.4 is 4.74 Å². The molecule has 2 fully saturated rings. The molecule has 1 aromatic heterocycles. The molecule has 2 aromatic rings. The second kappa shape index (κ2) is 6.13. The smallest absolute Gasteiger partial charge is 0.290 e. The summed E-state index contributed by atoms with van der Waals surface area (Å²) in [4.78, 5) is 15.1. The second-order valence-electron chi connectivity index (χ2n) is 6.68. The van der Waals surface area contributed by atoms with E-state index in [1.165, 1.54) is 6.42 Å². The van der Waals surface area contributed by atoms with Crippen LogP contribution >= 0.6 is 0 Å². The van der Waals surface area contributed by atoms with Gasteiger partial charge in [0.15, 0.2) is 5.76 Å². The van der Waals surface area contributed by atoms with Crippen LogP contribution in [0.2, 0.25) is 0 Å². The average Bonchev–Trinajstić information content (AvgIpc) is 2.96. The number of carbonyl (C=O) groups excluding carboxylic acids is 1. The molecule has 1 aromatic carbocycles. The summed E-state index contributed by atoms with van der Waals surface area (Å²) in [5, 5.41) is 0.965. The van der Waals surface area contributed by atoms with E-state index in [1.54, 1.807) is 7.11 Å². The summed E-state index contributed by atoms with van der Waals surface area (Å²) in [6, 6.07) is 5.86. The van der Waals surface area contributed by atoms with Gasteiger partial charge in [-0.3, -0.25) is 4.79 Å². The lowest BCUT2D eigenvalue weighted by molar-refractivity contribution is -0.0759. The summed E-state index contributed by atoms with van der Waals surface area (Å²) in [7, 11) is 1.62. The van der Waals surface area contributed by atoms with Crippen molar-refractivity contribution in [3.63, 3.8) is 0 Å². The van der Waals surface area contributed by atoms with E-state index in [-0.39, 0.29) is 18.1 Å². The zero-order valence-corrected chi connectivity index (χ0v) is 14.2. The average molecular weight is 329 g/mol. The Morgan fingerprint density at radius 3 is 2.96 bits per heavy atom. The highest BCUT2D eigenvalue weighted by Crippen LogP contribution is 2.33. The molecule has 1 amide bonds. The first-order valence-electron chi connectivity index (χ1n) is 8.69. The molecule has 0 spiro atoms. The number of hydrogen-bond acceptors (Lipinski definition) is 4. The van der Waals surface area contributed by atoms with E-state index in [0.29, 0.717) is 24.5 Å². The number of fused-ring (bicyclic) bond motifs is 2. The molecule has 1 saturated heterocycles. The van der Waals surface area contributed by atoms with Gasteiger partial charge < -0.3 is 18.8 Å². The Kier molecular flexibility index (Phi) is 3.96. The Hall–Kier alpha value is -2.01. The van der Waals surface area contributed by atoms with Crippen molar-refractivity contribution >= 4 is 16.9 Å². The molecule has 0 unspecified atom stereocenters. The van der Waals surface area contributed by atoms with Crippen molar-refractivity contribution in [3.05, 3.63) is 29.5 Å². The van der Waals surface area contributed by atoms with Crippen molar-refractivity contribution in [1.82, 2.24) is 4.90 Å². The number of carbonyl (C=O) groups is 1. The van der Waals surface area contributed by atoms with Gasteiger partial charge in [0.05, 0.1) is 25.9 Å². The van der Waals surface area contributed by atoms with Crippen molar-refractivity contribution in [1.29, 1.82) is 0 Å². The molecular weight excluding hydrogens is 306 g/mol. The van der Waals surface area contributed by atoms with Gasteiger partial charge in [-0.15, -0.1) is 0 Å². The molecule has 1 aliphatic heterocycles. The van der Waals surface area contributed by atoms with Crippen LogP contribution in [-0.4, -0.2) is 43.2 Å². The van der Waals surface area contributed by atoms with E-state index in [4.69, 9.17) is 13.9 Å². The summed E-state index contributed by atoms with van der Waals surface area (Å²) in [5.41, 5.74) is 1.60. The molecule has 2 aliphatic rings. The lowest BCUT2D eigenvalue weighted by Gasteiger charge is -2.43. The molecule has 1 saturated carbocycles. The fourth-order valence-corrected chi connectivity index (χ4v) is 4.02. The van der Waals surface area contributed by atoms with Crippen LogP contribution in [-0.2, 0) is 4.74 Å². The minimum absolute atomic E-state index is 0.0112. The third-order valence-electron chi connectivity index (χ3n) is 5.33. The van der Waals surface area contributed by atoms with Gasteiger partial charge in [0.1, 0.15) is 11.3 Å². The van der Waals surface area contributed by atoms with Crippen LogP contribution in [0.4, 0.5) is 0 Å². The van der Waals surface area contributed by atoms with Gasteiger partial charge in [-0.05, 0) is 31.9 Å². The third-order valence-corrected chi connectivity index (χ3v) is 5.33. The molecule has 0 radical (unpaired) electrons. The lowest BCUT2D eigenvalue weighted by atomic mass is 9.90. The maximum absolute atomic E-state index is 13.1. The highest BCUT2D eigenvalue weighted by atomic mass is 16.5. The van der Waals surface area contributed by atoms with Crippen molar-refractivity contribution < 1.29 is 18.7 Å². The van der Waals surface area contributed by atoms with Crippen LogP contribution in [0.25, 0.3) is 11.0 Å². The van der Waals surface area contributed by atoms with E-state index in [2.05, 4.69) is 0 Å². The van der Waals surface area contributed by atoms with Crippen LogP contribution in [0.3, 0.4) is 0 Å². The molecule has 5 nitrogen and oxygen atoms in total. The lowest BCUT2D eigenvalue weighted by Crippen LogP contribution is -2.54. The number of rotatable bonds is 2. The minimum Gasteiger partial charge on any atom is -0.497 e. The molecular formula is C19H23NO4. The topological polar surface area (TPSA) is 51.9 Å². The Morgan fingerprint density at radius 1 is 1.29 bits per heavy atom. The largest absolute Gasteiger partial charge is 0.497 e. The number of furan rings is 1. The third kappa shape index (κ3) is 2.47. The number of aryl methyl sites for hydroxylation is 1. The molecule has 1 aliphatic carbocycles. The van der Waals surface area contributed by atoms with Crippen LogP contribution in [0.1, 0.15) is 41.8 Å². The first-order chi connectivity index (χ1) is 11.7. The number of amides is 1. The van der Waals surface area contributed by atoms with Gasteiger partial charge in [-0.2, -0.15) is 0 Å². The summed E-state index contributed by atoms with van der Waals surface area (Å²) in [6.45, 7) is 3.20. The molecule has 5 heteroatoms. The standard InChI is InChI=1S/C19H23NO4/c1-12-14-8-7-13(22-2)11-17(14)24-18(12)19(21)20-9-10-23-16-6-4-3-5-15(16)20/h7-8,11,15-16H,3-6,9-10H2,1-2H3/t15-,16-/m1/s1. The van der Waals surface area contributed by atoms with Crippen molar-refractivity contribution in [2.75, 3.05) is 20.3 Å². The van der Waals surface area contributed by atoms with Gasteiger partial charge in [0.25, 0.3) is 5.91 Å². The molecule has 2 atom stereocenters. The summed E-state index contributed by atoms with van der Waals surface area (Å²) in [5.74, 6) is 1.17. The van der Waals surface area contributed by atoms with Crippen LogP contribution in [0.15, 0.2) is 22.6 Å². The predicted octanol–water partition coefficient (Wildman–Crippen LogP) is 3.53. The molecule has 128 valence electrons. The van der Waals surface area contributed by atoms with Crippen molar-refractivity contribution in [2.24, 2.45) is 0 Å². The first kappa shape index (κ1) is 15.5. The monoisotopic (exact) mass is 329 g/mol. The molecule has 0 bridgehead atoms. The number of morpholine rings is 1. The predicted molar refractivity (Wildman–Crippen MR) is 90.5 cm³/mol. The van der Waals surface area contributed by atoms with E-state index in [0.717, 1.165) is 36.0 Å². The first-order valence-corrected chi connectivity index (χ1v) is 8.69. The summed E-state index contributed by atoms with van der Waals surface area (Å²) < 4.78 is 17.0. The molecule has 24 heavy (non-hydrogen) atoms. The maximum atomic E-state index is 13.1. The van der Waals surface area contributed by atoms with Crippen molar-refractivity contribution in [2.45, 2.75) is 44.8 Å². The van der Waals surface area contributed by atoms with Crippen LogP contribution in [0.5, 0.6) is 5.75 Å². The van der Waals surface area contributed by atoms with Gasteiger partial charge in [-0.25, -0.2) is 0 Å². The second-order valence-corrected chi connectivity index (χ2v) is 6.68. The fraction of sp³-hybridized carbons (Fsp3) is 0.526. The Morgan fingerprint density at radius 2 is 2.12 bits per heavy atom. The highest BCUT2D eigenvalue weighted by Gasteiger charge is 2.38. The molecule has 2 heterocycles. The highest BCUT2D eigenvalue weighted by molar-refractivity contribution is 5.99. The number of benzene rings is 1. The minimum atomic E-state index is -0.0112. The Balaban J connectivity index is 1.68. The Bertz CT molecular complexity index is 764. The van der Waals surface area contributed by atoms with Crippen molar-refractivity contribution in [3.8, 4) is 5.75 Å². The summed E-state index contributed by atoms with van der Waals surface area (Å²) >= 11 is 0. The van der Waals surface area contributed by atoms with E-state index < -0.39 is 0 Å². The van der Waals surface area contributed by atoms with Gasteiger partial charge >= 0.3 is 0 Å². The van der Waals surface area contributed by atoms with Gasteiger partial charge in [0.2, 0.25) is 0 Å². The number of hydrogen-bond donors (Lipinski definition) is 0. The SMILES string of the molecule is COc1ccc2c(C)c(C(=O)N3CCO[C@@H]4CCCC[C@H]43)oc2c1. The van der Waals surface area contributed by atoms with Gasteiger partial charge in [0, 0.05) is 23.6 Å². The maximum Gasteiger partial charge on any atom is 0.290 e. The number of nitrogens with zero attached hydrogens (tertiary/aromatic N) is 1. The van der Waals surface area contributed by atoms with E-state index in [1.807, 2.05) is 30.0 Å². The molecule has 4 rings (SSSR count). The Labute approximate surface area is 141 Å². The van der Waals surface area contributed by atoms with E-state index in [9.17, 15) is 4.79 Å². The zero-order chi connectivity index (χ0) is 16.7. The van der Waals surface area contributed by atoms with Crippen LogP contribution in [0, 0.1) is 6.92 Å². The fourth-order valence-electron chi connectivity index (χ4n) is 4.02. The number of methoxy groups -OCH3 is 1. The van der Waals surface area contributed by atoms with Gasteiger partial charge in [-0.1, -0.05) is 12.8 Å². The zero-order valence-electron chi connectivity index (χ0n) is 14.2. The quantitative estimate of drug-likeness (QED) is 0.846. The number of ether oxygens (including phenoxy) is 2. The van der Waals surface area contributed by atoms with E-state index >= 15 is 0 Å². The molecule has 0 N–H and O–H groups in total. The summed E-state index contributed by atoms with van der Waals surface area (Å²) in [6.07, 6.45) is 4.59. The normalized spacial score (nSPS) is 24.0.